The number of rotatable bonds is 4. The van der Waals surface area contributed by atoms with Gasteiger partial charge in [-0.2, -0.15) is 5.10 Å². The van der Waals surface area contributed by atoms with E-state index in [1.165, 1.54) is 19.2 Å². The smallest absolute Gasteiger partial charge is 0.255 e. The van der Waals surface area contributed by atoms with E-state index >= 15 is 0 Å². The average Bonchev–Trinajstić information content (AvgIpc) is 2.78. The van der Waals surface area contributed by atoms with E-state index in [1.807, 2.05) is 0 Å². The van der Waals surface area contributed by atoms with Crippen molar-refractivity contribution in [2.75, 3.05) is 7.11 Å². The molecule has 6 heteroatoms. The average molecular weight is 291 g/mol. The fourth-order valence-electron chi connectivity index (χ4n) is 2.28. The standard InChI is InChI=1S/C15H18FN3O2/c1-8(12-7-11(16)5-6-13(12)21-4)17-15(20)14-9(2)18-19-10(14)3/h5-8H,1-4H3,(H,17,20)(H,18,19). The van der Waals surface area contributed by atoms with Crippen molar-refractivity contribution in [3.05, 3.63) is 46.5 Å². The zero-order chi connectivity index (χ0) is 15.6. The Hall–Kier alpha value is -2.37. The number of nitrogens with one attached hydrogen (secondary N) is 2. The Labute approximate surface area is 122 Å². The first kappa shape index (κ1) is 15.0. The van der Waals surface area contributed by atoms with Gasteiger partial charge in [0.15, 0.2) is 0 Å². The van der Waals surface area contributed by atoms with Crippen LogP contribution < -0.4 is 10.1 Å². The SMILES string of the molecule is COc1ccc(F)cc1C(C)NC(=O)c1c(C)n[nH]c1C. The first-order chi connectivity index (χ1) is 9.93. The minimum Gasteiger partial charge on any atom is -0.496 e. The molecule has 1 aromatic heterocycles. The number of aryl methyl sites for hydroxylation is 2. The Morgan fingerprint density at radius 3 is 2.71 bits per heavy atom. The van der Waals surface area contributed by atoms with Crippen LogP contribution in [0.5, 0.6) is 5.75 Å². The van der Waals surface area contributed by atoms with Crippen LogP contribution in [0.15, 0.2) is 18.2 Å². The highest BCUT2D eigenvalue weighted by atomic mass is 19.1. The van der Waals surface area contributed by atoms with Crippen LogP contribution in [0.3, 0.4) is 0 Å². The van der Waals surface area contributed by atoms with E-state index in [0.717, 1.165) is 0 Å². The van der Waals surface area contributed by atoms with Crippen LogP contribution in [0.25, 0.3) is 0 Å². The summed E-state index contributed by atoms with van der Waals surface area (Å²) in [5.74, 6) is -0.0926. The van der Waals surface area contributed by atoms with Crippen LogP contribution in [0, 0.1) is 19.7 Å². The van der Waals surface area contributed by atoms with E-state index in [2.05, 4.69) is 15.5 Å². The second-order valence-electron chi connectivity index (χ2n) is 4.89. The lowest BCUT2D eigenvalue weighted by Gasteiger charge is -2.17. The Kier molecular flexibility index (Phi) is 4.26. The van der Waals surface area contributed by atoms with Crippen LogP contribution in [0.1, 0.15) is 40.3 Å². The summed E-state index contributed by atoms with van der Waals surface area (Å²) in [4.78, 5) is 12.3. The summed E-state index contributed by atoms with van der Waals surface area (Å²) in [7, 11) is 1.51. The molecule has 0 saturated carbocycles. The number of hydrogen-bond donors (Lipinski definition) is 2. The van der Waals surface area contributed by atoms with Crippen molar-refractivity contribution < 1.29 is 13.9 Å². The highest BCUT2D eigenvalue weighted by Crippen LogP contribution is 2.26. The molecule has 21 heavy (non-hydrogen) atoms. The third-order valence-electron chi connectivity index (χ3n) is 3.36. The van der Waals surface area contributed by atoms with Gasteiger partial charge in [-0.05, 0) is 39.0 Å². The largest absolute Gasteiger partial charge is 0.496 e. The van der Waals surface area contributed by atoms with Crippen molar-refractivity contribution in [1.29, 1.82) is 0 Å². The monoisotopic (exact) mass is 291 g/mol. The molecule has 2 rings (SSSR count). The first-order valence-corrected chi connectivity index (χ1v) is 6.60. The van der Waals surface area contributed by atoms with E-state index in [1.54, 1.807) is 26.8 Å². The first-order valence-electron chi connectivity index (χ1n) is 6.60. The van der Waals surface area contributed by atoms with E-state index in [9.17, 15) is 9.18 Å². The molecule has 0 radical (unpaired) electrons. The zero-order valence-electron chi connectivity index (χ0n) is 12.5. The van der Waals surface area contributed by atoms with Gasteiger partial charge in [0, 0.05) is 11.3 Å². The van der Waals surface area contributed by atoms with Gasteiger partial charge in [-0.3, -0.25) is 9.89 Å². The lowest BCUT2D eigenvalue weighted by Crippen LogP contribution is -2.27. The van der Waals surface area contributed by atoms with Gasteiger partial charge in [-0.15, -0.1) is 0 Å². The van der Waals surface area contributed by atoms with Crippen LogP contribution in [-0.4, -0.2) is 23.2 Å². The van der Waals surface area contributed by atoms with Crippen molar-refractivity contribution in [3.63, 3.8) is 0 Å². The van der Waals surface area contributed by atoms with Crippen molar-refractivity contribution >= 4 is 5.91 Å². The number of carbonyl (C=O) groups excluding carboxylic acids is 1. The number of methoxy groups -OCH3 is 1. The molecule has 2 aromatic rings. The highest BCUT2D eigenvalue weighted by molar-refractivity contribution is 5.96. The summed E-state index contributed by atoms with van der Waals surface area (Å²) in [5.41, 5.74) is 2.42. The summed E-state index contributed by atoms with van der Waals surface area (Å²) in [6.45, 7) is 5.31. The van der Waals surface area contributed by atoms with Crippen molar-refractivity contribution in [2.45, 2.75) is 26.8 Å². The minimum absolute atomic E-state index is 0.252. The molecule has 5 nitrogen and oxygen atoms in total. The second kappa shape index (κ2) is 5.95. The van der Waals surface area contributed by atoms with Gasteiger partial charge in [0.25, 0.3) is 5.91 Å². The van der Waals surface area contributed by atoms with Gasteiger partial charge in [-0.1, -0.05) is 0 Å². The molecule has 1 atom stereocenters. The number of carbonyl (C=O) groups is 1. The number of halogens is 1. The maximum atomic E-state index is 13.4. The molecule has 1 unspecified atom stereocenters. The number of hydrogen-bond acceptors (Lipinski definition) is 3. The summed E-state index contributed by atoms with van der Waals surface area (Å²) in [6.07, 6.45) is 0. The lowest BCUT2D eigenvalue weighted by atomic mass is 10.1. The number of aromatic nitrogens is 2. The van der Waals surface area contributed by atoms with E-state index < -0.39 is 6.04 Å². The summed E-state index contributed by atoms with van der Waals surface area (Å²) >= 11 is 0. The van der Waals surface area contributed by atoms with Gasteiger partial charge < -0.3 is 10.1 Å². The predicted molar refractivity (Wildman–Crippen MR) is 76.9 cm³/mol. The Morgan fingerprint density at radius 1 is 1.43 bits per heavy atom. The molecule has 1 heterocycles. The molecule has 1 amide bonds. The number of amides is 1. The van der Waals surface area contributed by atoms with Gasteiger partial charge >= 0.3 is 0 Å². The van der Waals surface area contributed by atoms with E-state index in [4.69, 9.17) is 4.74 Å². The molecule has 112 valence electrons. The topological polar surface area (TPSA) is 67.0 Å². The van der Waals surface area contributed by atoms with Crippen LogP contribution >= 0.6 is 0 Å². The number of aromatic amines is 1. The molecule has 0 spiro atoms. The highest BCUT2D eigenvalue weighted by Gasteiger charge is 2.20. The maximum absolute atomic E-state index is 13.4. The van der Waals surface area contributed by atoms with Crippen LogP contribution in [0.4, 0.5) is 4.39 Å². The zero-order valence-corrected chi connectivity index (χ0v) is 12.5. The van der Waals surface area contributed by atoms with Crippen molar-refractivity contribution in [3.8, 4) is 5.75 Å². The molecule has 2 N–H and O–H groups in total. The Morgan fingerprint density at radius 2 is 2.14 bits per heavy atom. The van der Waals surface area contributed by atoms with Crippen molar-refractivity contribution in [1.82, 2.24) is 15.5 Å². The molecule has 0 aliphatic carbocycles. The molecular formula is C15H18FN3O2. The predicted octanol–water partition coefficient (Wildman–Crippen LogP) is 2.67. The fourth-order valence-corrected chi connectivity index (χ4v) is 2.28. The maximum Gasteiger partial charge on any atom is 0.255 e. The third-order valence-corrected chi connectivity index (χ3v) is 3.36. The van der Waals surface area contributed by atoms with Gasteiger partial charge in [0.05, 0.1) is 24.4 Å². The summed E-state index contributed by atoms with van der Waals surface area (Å²) in [6, 6.07) is 3.83. The normalized spacial score (nSPS) is 12.0. The number of ether oxygens (including phenoxy) is 1. The molecule has 0 fully saturated rings. The second-order valence-corrected chi connectivity index (χ2v) is 4.89. The van der Waals surface area contributed by atoms with E-state index in [0.29, 0.717) is 28.3 Å². The molecular weight excluding hydrogens is 273 g/mol. The fraction of sp³-hybridized carbons (Fsp3) is 0.333. The summed E-state index contributed by atoms with van der Waals surface area (Å²) < 4.78 is 18.6. The molecule has 0 aliphatic rings. The Bertz CT molecular complexity index is 647. The van der Waals surface area contributed by atoms with Gasteiger partial charge in [-0.25, -0.2) is 4.39 Å². The van der Waals surface area contributed by atoms with Gasteiger partial charge in [0.1, 0.15) is 11.6 Å². The molecule has 1 aromatic carbocycles. The molecule has 0 aliphatic heterocycles. The Balaban J connectivity index is 2.24. The summed E-state index contributed by atoms with van der Waals surface area (Å²) in [5, 5.41) is 9.60. The number of benzene rings is 1. The number of nitrogens with zero attached hydrogens (tertiary/aromatic N) is 1. The van der Waals surface area contributed by atoms with E-state index in [-0.39, 0.29) is 11.7 Å². The van der Waals surface area contributed by atoms with Crippen LogP contribution in [-0.2, 0) is 0 Å². The van der Waals surface area contributed by atoms with Gasteiger partial charge in [0.2, 0.25) is 0 Å². The minimum atomic E-state index is -0.392. The molecule has 0 saturated heterocycles. The lowest BCUT2D eigenvalue weighted by molar-refractivity contribution is 0.0938. The number of H-pyrrole nitrogens is 1. The quantitative estimate of drug-likeness (QED) is 0.910. The van der Waals surface area contributed by atoms with Crippen LogP contribution in [0.2, 0.25) is 0 Å². The van der Waals surface area contributed by atoms with Crippen molar-refractivity contribution in [2.24, 2.45) is 0 Å². The third kappa shape index (κ3) is 3.04. The molecule has 0 bridgehead atoms.